The van der Waals surface area contributed by atoms with E-state index in [2.05, 4.69) is 49.3 Å². The van der Waals surface area contributed by atoms with Crippen LogP contribution >= 0.6 is 11.6 Å². The number of aryl methyl sites for hydroxylation is 1. The summed E-state index contributed by atoms with van der Waals surface area (Å²) < 4.78 is 0. The third kappa shape index (κ3) is 4.57. The molecule has 0 saturated carbocycles. The lowest BCUT2D eigenvalue weighted by molar-refractivity contribution is 0.749. The maximum absolute atomic E-state index is 6.12. The normalized spacial score (nSPS) is 10.8. The first-order valence-corrected chi connectivity index (χ1v) is 8.78. The fraction of sp³-hybridized carbons (Fsp3) is 0.316. The van der Waals surface area contributed by atoms with Crippen molar-refractivity contribution in [2.45, 2.75) is 26.7 Å². The van der Waals surface area contributed by atoms with Crippen LogP contribution < -0.4 is 4.90 Å². The van der Waals surface area contributed by atoms with Crippen LogP contribution in [-0.2, 0) is 12.8 Å². The predicted octanol–water partition coefficient (Wildman–Crippen LogP) is 3.76. The van der Waals surface area contributed by atoms with Crippen LogP contribution in [0, 0.1) is 13.8 Å². The molecule has 0 bridgehead atoms. The van der Waals surface area contributed by atoms with Crippen LogP contribution in [0.5, 0.6) is 0 Å². The molecule has 0 radical (unpaired) electrons. The molecule has 2 aromatic heterocycles. The molecule has 0 aliphatic carbocycles. The van der Waals surface area contributed by atoms with E-state index >= 15 is 0 Å². The van der Waals surface area contributed by atoms with Gasteiger partial charge in [-0.05, 0) is 49.4 Å². The van der Waals surface area contributed by atoms with Crippen LogP contribution in [0.4, 0.5) is 5.82 Å². The highest BCUT2D eigenvalue weighted by Crippen LogP contribution is 2.22. The third-order valence-electron chi connectivity index (χ3n) is 4.37. The molecule has 0 aliphatic rings. The predicted molar refractivity (Wildman–Crippen MR) is 101 cm³/mol. The van der Waals surface area contributed by atoms with E-state index in [1.165, 1.54) is 11.1 Å². The number of aromatic amines is 1. The Morgan fingerprint density at radius 2 is 1.72 bits per heavy atom. The summed E-state index contributed by atoms with van der Waals surface area (Å²) in [6.07, 6.45) is 5.64. The monoisotopic (exact) mass is 355 g/mol. The molecule has 0 saturated heterocycles. The van der Waals surface area contributed by atoms with Crippen LogP contribution in [0.15, 0.2) is 42.7 Å². The number of halogens is 1. The van der Waals surface area contributed by atoms with Crippen molar-refractivity contribution in [3.63, 3.8) is 0 Å². The standard InChI is InChI=1S/C19H22ClN5/c1-14-15(2)23-19(20)24-18(14)25(11-9-17-12-21-22-13-17)10-8-16-6-4-3-5-7-16/h3-7,12-13H,8-11H2,1-2H3,(H,21,22). The van der Waals surface area contributed by atoms with Crippen LogP contribution in [0.1, 0.15) is 22.4 Å². The SMILES string of the molecule is Cc1nc(Cl)nc(N(CCc2ccccc2)CCc2cn[nH]c2)c1C. The number of rotatable bonds is 7. The summed E-state index contributed by atoms with van der Waals surface area (Å²) in [6.45, 7) is 5.74. The lowest BCUT2D eigenvalue weighted by atomic mass is 10.1. The van der Waals surface area contributed by atoms with Gasteiger partial charge in [-0.25, -0.2) is 9.97 Å². The van der Waals surface area contributed by atoms with Gasteiger partial charge in [-0.15, -0.1) is 0 Å². The zero-order chi connectivity index (χ0) is 17.6. The number of nitrogens with zero attached hydrogens (tertiary/aromatic N) is 4. The van der Waals surface area contributed by atoms with Gasteiger partial charge in [-0.3, -0.25) is 5.10 Å². The second kappa shape index (κ2) is 8.12. The zero-order valence-electron chi connectivity index (χ0n) is 14.5. The Kier molecular flexibility index (Phi) is 5.66. The van der Waals surface area contributed by atoms with Gasteiger partial charge in [0, 0.05) is 30.5 Å². The molecule has 3 aromatic rings. The maximum atomic E-state index is 6.12. The highest BCUT2D eigenvalue weighted by molar-refractivity contribution is 6.28. The molecule has 0 atom stereocenters. The average molecular weight is 356 g/mol. The lowest BCUT2D eigenvalue weighted by Crippen LogP contribution is -2.30. The Hall–Kier alpha value is -2.40. The van der Waals surface area contributed by atoms with Gasteiger partial charge in [0.1, 0.15) is 5.82 Å². The molecule has 0 unspecified atom stereocenters. The fourth-order valence-corrected chi connectivity index (χ4v) is 3.01. The first-order chi connectivity index (χ1) is 12.1. The molecule has 2 heterocycles. The first-order valence-electron chi connectivity index (χ1n) is 8.41. The largest absolute Gasteiger partial charge is 0.356 e. The number of hydrogen-bond acceptors (Lipinski definition) is 4. The molecular formula is C19H22ClN5. The van der Waals surface area contributed by atoms with Gasteiger partial charge in [0.25, 0.3) is 0 Å². The second-order valence-electron chi connectivity index (χ2n) is 6.11. The molecule has 1 aromatic carbocycles. The van der Waals surface area contributed by atoms with Gasteiger partial charge in [-0.2, -0.15) is 5.10 Å². The molecule has 6 heteroatoms. The average Bonchev–Trinajstić information content (AvgIpc) is 3.13. The van der Waals surface area contributed by atoms with Crippen molar-refractivity contribution in [2.24, 2.45) is 0 Å². The number of hydrogen-bond donors (Lipinski definition) is 1. The van der Waals surface area contributed by atoms with Gasteiger partial charge < -0.3 is 4.90 Å². The minimum atomic E-state index is 0.297. The molecule has 0 amide bonds. The summed E-state index contributed by atoms with van der Waals surface area (Å²) in [6, 6.07) is 10.5. The lowest BCUT2D eigenvalue weighted by Gasteiger charge is -2.26. The molecule has 0 fully saturated rings. The summed E-state index contributed by atoms with van der Waals surface area (Å²) in [5.74, 6) is 0.914. The van der Waals surface area contributed by atoms with Crippen LogP contribution in [-0.4, -0.2) is 33.3 Å². The Morgan fingerprint density at radius 3 is 2.40 bits per heavy atom. The number of aromatic nitrogens is 4. The van der Waals surface area contributed by atoms with Crippen LogP contribution in [0.2, 0.25) is 5.28 Å². The highest BCUT2D eigenvalue weighted by atomic mass is 35.5. The van der Waals surface area contributed by atoms with Crippen molar-refractivity contribution >= 4 is 17.4 Å². The fourth-order valence-electron chi connectivity index (χ4n) is 2.80. The molecule has 25 heavy (non-hydrogen) atoms. The summed E-state index contributed by atoms with van der Waals surface area (Å²) in [5.41, 5.74) is 4.48. The van der Waals surface area contributed by atoms with E-state index in [1.54, 1.807) is 0 Å². The Labute approximate surface area is 153 Å². The van der Waals surface area contributed by atoms with Crippen molar-refractivity contribution in [1.82, 2.24) is 20.2 Å². The second-order valence-corrected chi connectivity index (χ2v) is 6.44. The summed E-state index contributed by atoms with van der Waals surface area (Å²) in [4.78, 5) is 11.0. The molecule has 1 N–H and O–H groups in total. The molecular weight excluding hydrogens is 334 g/mol. The summed E-state index contributed by atoms with van der Waals surface area (Å²) in [7, 11) is 0. The van der Waals surface area contributed by atoms with Crippen molar-refractivity contribution in [2.75, 3.05) is 18.0 Å². The van der Waals surface area contributed by atoms with Gasteiger partial charge in [0.2, 0.25) is 5.28 Å². The molecule has 3 rings (SSSR count). The van der Waals surface area contributed by atoms with Gasteiger partial charge in [0.15, 0.2) is 0 Å². The minimum Gasteiger partial charge on any atom is -0.356 e. The van der Waals surface area contributed by atoms with Crippen molar-refractivity contribution < 1.29 is 0 Å². The Balaban J connectivity index is 1.80. The van der Waals surface area contributed by atoms with Crippen LogP contribution in [0.3, 0.4) is 0 Å². The van der Waals surface area contributed by atoms with Crippen molar-refractivity contribution in [1.29, 1.82) is 0 Å². The number of anilines is 1. The smallest absolute Gasteiger partial charge is 0.224 e. The minimum absolute atomic E-state index is 0.297. The van der Waals surface area contributed by atoms with E-state index in [-0.39, 0.29) is 0 Å². The summed E-state index contributed by atoms with van der Waals surface area (Å²) in [5, 5.41) is 7.18. The van der Waals surface area contributed by atoms with E-state index in [4.69, 9.17) is 11.6 Å². The van der Waals surface area contributed by atoms with Crippen molar-refractivity contribution in [3.8, 4) is 0 Å². The molecule has 0 aliphatic heterocycles. The van der Waals surface area contributed by atoms with E-state index in [0.717, 1.165) is 43.0 Å². The Morgan fingerprint density at radius 1 is 1.00 bits per heavy atom. The highest BCUT2D eigenvalue weighted by Gasteiger charge is 2.15. The van der Waals surface area contributed by atoms with Gasteiger partial charge in [0.05, 0.1) is 6.20 Å². The third-order valence-corrected chi connectivity index (χ3v) is 4.54. The van der Waals surface area contributed by atoms with E-state index in [0.29, 0.717) is 5.28 Å². The number of benzene rings is 1. The quantitative estimate of drug-likeness (QED) is 0.655. The van der Waals surface area contributed by atoms with E-state index in [1.807, 2.05) is 32.3 Å². The molecule has 130 valence electrons. The van der Waals surface area contributed by atoms with Crippen molar-refractivity contribution in [3.05, 3.63) is 70.4 Å². The zero-order valence-corrected chi connectivity index (χ0v) is 15.3. The molecule has 5 nitrogen and oxygen atoms in total. The van der Waals surface area contributed by atoms with Crippen LogP contribution in [0.25, 0.3) is 0 Å². The topological polar surface area (TPSA) is 57.7 Å². The number of nitrogens with one attached hydrogen (secondary N) is 1. The molecule has 0 spiro atoms. The van der Waals surface area contributed by atoms with E-state index in [9.17, 15) is 0 Å². The van der Waals surface area contributed by atoms with Gasteiger partial charge >= 0.3 is 0 Å². The Bertz CT molecular complexity index is 802. The summed E-state index contributed by atoms with van der Waals surface area (Å²) >= 11 is 6.12. The van der Waals surface area contributed by atoms with Gasteiger partial charge in [-0.1, -0.05) is 30.3 Å². The van der Waals surface area contributed by atoms with E-state index < -0.39 is 0 Å². The first kappa shape index (κ1) is 17.4. The maximum Gasteiger partial charge on any atom is 0.224 e. The number of H-pyrrole nitrogens is 1.